The highest BCUT2D eigenvalue weighted by molar-refractivity contribution is 5.98. The molecule has 0 amide bonds. The lowest BCUT2D eigenvalue weighted by atomic mass is 9.71. The van der Waals surface area contributed by atoms with E-state index in [1.165, 1.54) is 0 Å². The van der Waals surface area contributed by atoms with Gasteiger partial charge >= 0.3 is 0 Å². The first-order chi connectivity index (χ1) is 31.5. The summed E-state index contributed by atoms with van der Waals surface area (Å²) in [5.41, 5.74) is 5.15. The predicted octanol–water partition coefficient (Wildman–Crippen LogP) is 12.6. The van der Waals surface area contributed by atoms with E-state index in [-0.39, 0.29) is 47.2 Å². The van der Waals surface area contributed by atoms with Crippen LogP contribution in [0.2, 0.25) is 0 Å². The van der Waals surface area contributed by atoms with E-state index in [4.69, 9.17) is 9.97 Å². The van der Waals surface area contributed by atoms with Gasteiger partial charge in [-0.15, -0.1) is 0 Å². The fraction of sp³-hybridized carbons (Fsp3) is 0.236. The Morgan fingerprint density at radius 2 is 0.754 bits per heavy atom. The topological polar surface area (TPSA) is 179 Å². The van der Waals surface area contributed by atoms with Gasteiger partial charge in [-0.3, -0.25) is 0 Å². The number of unbranched alkanes of at least 4 members (excludes halogenated alkanes) is 5. The Labute approximate surface area is 378 Å². The Balaban J connectivity index is 1.54. The van der Waals surface area contributed by atoms with Crippen LogP contribution in [0.15, 0.2) is 121 Å². The molecule has 0 spiro atoms. The summed E-state index contributed by atoms with van der Waals surface area (Å²) >= 11 is 0. The van der Waals surface area contributed by atoms with Crippen molar-refractivity contribution < 1.29 is 30.6 Å². The van der Waals surface area contributed by atoms with Crippen molar-refractivity contribution in [3.05, 3.63) is 144 Å². The molecular formula is C55H54N4O6. The lowest BCUT2D eigenvalue weighted by Gasteiger charge is -2.40. The second-order valence-corrected chi connectivity index (χ2v) is 17.3. The van der Waals surface area contributed by atoms with E-state index in [0.29, 0.717) is 90.8 Å². The summed E-state index contributed by atoms with van der Waals surface area (Å²) in [6.07, 6.45) is 9.87. The number of nitrogens with zero attached hydrogens (tertiary/aromatic N) is 2. The third-order valence-corrected chi connectivity index (χ3v) is 12.8. The summed E-state index contributed by atoms with van der Waals surface area (Å²) < 4.78 is 0. The van der Waals surface area contributed by atoms with Gasteiger partial charge in [0.2, 0.25) is 0 Å². The van der Waals surface area contributed by atoms with Crippen molar-refractivity contribution in [1.29, 1.82) is 0 Å². The maximum atomic E-state index is 13.9. The number of nitrogens with one attached hydrogen (secondary N) is 2. The zero-order valence-electron chi connectivity index (χ0n) is 36.6. The number of hydrogen-bond donors (Lipinski definition) is 8. The molecule has 0 aliphatic carbocycles. The van der Waals surface area contributed by atoms with Crippen molar-refractivity contribution in [2.45, 2.75) is 82.8 Å². The summed E-state index contributed by atoms with van der Waals surface area (Å²) in [5, 5.41) is 71.4. The quantitative estimate of drug-likeness (QED) is 0.0528. The minimum absolute atomic E-state index is 0.0197. The Hall–Kier alpha value is -7.14. The van der Waals surface area contributed by atoms with E-state index in [1.807, 2.05) is 60.7 Å². The van der Waals surface area contributed by atoms with Crippen molar-refractivity contribution in [2.75, 3.05) is 0 Å². The highest BCUT2D eigenvalue weighted by Crippen LogP contribution is 2.55. The van der Waals surface area contributed by atoms with Gasteiger partial charge in [0, 0.05) is 44.3 Å². The molecule has 2 aliphatic rings. The van der Waals surface area contributed by atoms with Crippen LogP contribution in [-0.4, -0.2) is 50.6 Å². The number of fused-ring (bicyclic) bond motifs is 8. The van der Waals surface area contributed by atoms with E-state index < -0.39 is 11.2 Å². The molecule has 8 bridgehead atoms. The van der Waals surface area contributed by atoms with Gasteiger partial charge < -0.3 is 40.6 Å². The molecule has 7 aromatic rings. The van der Waals surface area contributed by atoms with Gasteiger partial charge in [-0.05, 0) is 120 Å². The minimum atomic E-state index is -1.94. The second kappa shape index (κ2) is 17.8. The molecule has 330 valence electrons. The fourth-order valence-corrected chi connectivity index (χ4v) is 9.68. The summed E-state index contributed by atoms with van der Waals surface area (Å²) in [7, 11) is 0. The van der Waals surface area contributed by atoms with Crippen molar-refractivity contribution in [3.63, 3.8) is 0 Å². The standard InChI is InChI=1S/C55H54N4O6/c1-3-5-7-9-29-55(65)53-51(37-17-13-21-41(63)33-37)47-27-25-45(58-47)49(35-15-11-19-39(61)31-35)43-23-22-42(56-43)48(34-14-10-18-38(60)30-34)44-24-26-46(57-44)50(36-16-12-20-40(62)32-36)52(59-53)54(55,64)28-8-6-4-2/h10-27,30-33,57-58,60-65H,3-9,28-29H2,1-2H3. The molecule has 3 aromatic heterocycles. The van der Waals surface area contributed by atoms with E-state index in [2.05, 4.69) is 23.8 Å². The van der Waals surface area contributed by atoms with Crippen molar-refractivity contribution in [1.82, 2.24) is 19.9 Å². The molecule has 5 heterocycles. The molecule has 10 heteroatoms. The van der Waals surface area contributed by atoms with Gasteiger partial charge in [0.1, 0.15) is 34.2 Å². The number of hydrogen-bond acceptors (Lipinski definition) is 8. The number of aromatic amines is 2. The summed E-state index contributed by atoms with van der Waals surface area (Å²) in [5.74, 6) is 0.199. The molecule has 0 saturated carbocycles. The van der Waals surface area contributed by atoms with Crippen LogP contribution in [0.1, 0.15) is 94.4 Å². The highest BCUT2D eigenvalue weighted by atomic mass is 16.4. The molecule has 4 aromatic carbocycles. The average Bonchev–Trinajstić information content (AvgIpc) is 4.10. The number of H-pyrrole nitrogens is 2. The van der Waals surface area contributed by atoms with Crippen LogP contribution in [0.5, 0.6) is 23.0 Å². The first-order valence-electron chi connectivity index (χ1n) is 22.6. The first-order valence-corrected chi connectivity index (χ1v) is 22.6. The molecule has 2 atom stereocenters. The molecule has 65 heavy (non-hydrogen) atoms. The highest BCUT2D eigenvalue weighted by Gasteiger charge is 2.58. The smallest absolute Gasteiger partial charge is 0.141 e. The molecule has 2 aliphatic heterocycles. The molecule has 0 saturated heterocycles. The first kappa shape index (κ1) is 43.1. The van der Waals surface area contributed by atoms with E-state index >= 15 is 0 Å². The number of aromatic nitrogens is 4. The average molecular weight is 867 g/mol. The molecule has 0 radical (unpaired) electrons. The van der Waals surface area contributed by atoms with Crippen LogP contribution in [0.3, 0.4) is 0 Å². The van der Waals surface area contributed by atoms with Gasteiger partial charge in [0.25, 0.3) is 0 Å². The van der Waals surface area contributed by atoms with Gasteiger partial charge in [0.15, 0.2) is 0 Å². The third kappa shape index (κ3) is 8.04. The Kier molecular flexibility index (Phi) is 11.8. The van der Waals surface area contributed by atoms with Gasteiger partial charge in [0.05, 0.1) is 22.8 Å². The minimum Gasteiger partial charge on any atom is -0.508 e. The van der Waals surface area contributed by atoms with Crippen molar-refractivity contribution in [3.8, 4) is 67.5 Å². The SMILES string of the molecule is CCCCCCC1(O)c2nc(c(-c3cccc(O)c3)c3ccc([nH]3)c(-c3cccc(O)c3)c3nc(c(-c4cccc(O)c4)c4ccc([nH]4)c2-c2cccc(O)c2)C=C3)C1(O)CCCCC. The normalized spacial score (nSPS) is 16.9. The van der Waals surface area contributed by atoms with E-state index in [9.17, 15) is 30.6 Å². The molecular weight excluding hydrogens is 813 g/mol. The summed E-state index contributed by atoms with van der Waals surface area (Å²) in [6, 6.07) is 35.4. The van der Waals surface area contributed by atoms with Crippen LogP contribution < -0.4 is 0 Å². The van der Waals surface area contributed by atoms with Crippen LogP contribution in [-0.2, 0) is 11.2 Å². The fourth-order valence-electron chi connectivity index (χ4n) is 9.68. The maximum absolute atomic E-state index is 13.9. The van der Waals surface area contributed by atoms with Gasteiger partial charge in [-0.25, -0.2) is 9.97 Å². The molecule has 0 fully saturated rings. The molecule has 2 unspecified atom stereocenters. The van der Waals surface area contributed by atoms with Gasteiger partial charge in [-0.2, -0.15) is 0 Å². The Morgan fingerprint density at radius 3 is 1.12 bits per heavy atom. The van der Waals surface area contributed by atoms with Crippen molar-refractivity contribution >= 4 is 34.2 Å². The largest absolute Gasteiger partial charge is 0.508 e. The summed E-state index contributed by atoms with van der Waals surface area (Å²) in [6.45, 7) is 4.24. The number of phenols is 4. The van der Waals surface area contributed by atoms with Crippen LogP contribution in [0.4, 0.5) is 0 Å². The number of phenolic OH excluding ortho intramolecular Hbond substituents is 4. The van der Waals surface area contributed by atoms with E-state index in [0.717, 1.165) is 32.1 Å². The van der Waals surface area contributed by atoms with Crippen LogP contribution in [0.25, 0.3) is 78.7 Å². The number of rotatable bonds is 13. The van der Waals surface area contributed by atoms with Gasteiger partial charge in [-0.1, -0.05) is 107 Å². The van der Waals surface area contributed by atoms with Crippen LogP contribution in [0, 0.1) is 0 Å². The third-order valence-electron chi connectivity index (χ3n) is 12.8. The number of benzene rings is 4. The Bertz CT molecular complexity index is 3110. The number of aromatic hydroxyl groups is 4. The maximum Gasteiger partial charge on any atom is 0.141 e. The van der Waals surface area contributed by atoms with Crippen LogP contribution >= 0.6 is 0 Å². The zero-order chi connectivity index (χ0) is 45.3. The Morgan fingerprint density at radius 1 is 0.415 bits per heavy atom. The lowest BCUT2D eigenvalue weighted by Crippen LogP contribution is -2.46. The molecule has 10 nitrogen and oxygen atoms in total. The lowest BCUT2D eigenvalue weighted by molar-refractivity contribution is -0.167. The number of aliphatic hydroxyl groups is 2. The second-order valence-electron chi connectivity index (χ2n) is 17.3. The van der Waals surface area contributed by atoms with Crippen molar-refractivity contribution in [2.24, 2.45) is 0 Å². The predicted molar refractivity (Wildman–Crippen MR) is 259 cm³/mol. The monoisotopic (exact) mass is 866 g/mol. The molecule has 8 N–H and O–H groups in total. The van der Waals surface area contributed by atoms with E-state index in [1.54, 1.807) is 72.8 Å². The summed E-state index contributed by atoms with van der Waals surface area (Å²) in [4.78, 5) is 18.1. The molecule has 9 rings (SSSR count). The zero-order valence-corrected chi connectivity index (χ0v) is 36.6.